The van der Waals surface area contributed by atoms with E-state index in [4.69, 9.17) is 5.73 Å². The normalized spacial score (nSPS) is 10.5. The maximum Gasteiger partial charge on any atom is 0.151 e. The van der Waals surface area contributed by atoms with Crippen molar-refractivity contribution in [2.45, 2.75) is 39.5 Å². The first-order valence-corrected chi connectivity index (χ1v) is 7.14. The van der Waals surface area contributed by atoms with Gasteiger partial charge < -0.3 is 10.6 Å². The number of hydrogen-bond donors (Lipinski definition) is 1. The van der Waals surface area contributed by atoms with Gasteiger partial charge >= 0.3 is 0 Å². The van der Waals surface area contributed by atoms with Gasteiger partial charge in [-0.1, -0.05) is 26.7 Å². The first-order chi connectivity index (χ1) is 8.19. The number of halogens is 1. The third-order valence-corrected chi connectivity index (χ3v) is 3.16. The van der Waals surface area contributed by atoms with E-state index in [1.807, 2.05) is 12.3 Å². The van der Waals surface area contributed by atoms with Gasteiger partial charge in [0.25, 0.3) is 0 Å². The van der Waals surface area contributed by atoms with Crippen LogP contribution in [0.1, 0.15) is 39.5 Å². The third-order valence-electron chi connectivity index (χ3n) is 2.72. The van der Waals surface area contributed by atoms with E-state index in [-0.39, 0.29) is 0 Å². The number of rotatable bonds is 7. The molecule has 96 valence electrons. The molecule has 0 aliphatic rings. The zero-order valence-electron chi connectivity index (χ0n) is 10.7. The maximum atomic E-state index is 6.03. The lowest BCUT2D eigenvalue weighted by atomic mass is 10.2. The lowest BCUT2D eigenvalue weighted by Gasteiger charge is -2.24. The molecule has 4 heteroatoms. The second-order valence-corrected chi connectivity index (χ2v) is 5.18. The molecule has 0 saturated heterocycles. The molecule has 0 aromatic carbocycles. The van der Waals surface area contributed by atoms with Crippen molar-refractivity contribution >= 4 is 27.4 Å². The molecule has 0 bridgehead atoms. The Morgan fingerprint density at radius 3 is 2.29 bits per heavy atom. The standard InChI is InChI=1S/C13H22BrN3/c1-3-5-7-17(8-6-4-2)13-12(15)9-11(14)10-16-13/h9-10H,3-8,15H2,1-2H3. The molecular formula is C13H22BrN3. The average molecular weight is 300 g/mol. The number of anilines is 2. The van der Waals surface area contributed by atoms with Crippen LogP contribution >= 0.6 is 15.9 Å². The predicted octanol–water partition coefficient (Wildman–Crippen LogP) is 3.83. The molecule has 1 aromatic rings. The number of nitrogen functional groups attached to an aromatic ring is 1. The lowest BCUT2D eigenvalue weighted by Crippen LogP contribution is -2.27. The summed E-state index contributed by atoms with van der Waals surface area (Å²) in [6.07, 6.45) is 6.57. The number of nitrogens with two attached hydrogens (primary N) is 1. The minimum atomic E-state index is 0.756. The Balaban J connectivity index is 2.79. The van der Waals surface area contributed by atoms with Gasteiger partial charge in [-0.15, -0.1) is 0 Å². The minimum Gasteiger partial charge on any atom is -0.396 e. The zero-order valence-corrected chi connectivity index (χ0v) is 12.3. The van der Waals surface area contributed by atoms with Crippen LogP contribution in [0.25, 0.3) is 0 Å². The second kappa shape index (κ2) is 7.54. The smallest absolute Gasteiger partial charge is 0.151 e. The molecule has 17 heavy (non-hydrogen) atoms. The SMILES string of the molecule is CCCCN(CCCC)c1ncc(Br)cc1N. The number of nitrogens with zero attached hydrogens (tertiary/aromatic N) is 2. The Bertz CT molecular complexity index is 333. The van der Waals surface area contributed by atoms with E-state index in [0.29, 0.717) is 0 Å². The van der Waals surface area contributed by atoms with Gasteiger partial charge in [-0.3, -0.25) is 0 Å². The lowest BCUT2D eigenvalue weighted by molar-refractivity contribution is 0.672. The summed E-state index contributed by atoms with van der Waals surface area (Å²) in [6.45, 7) is 6.48. The van der Waals surface area contributed by atoms with Gasteiger partial charge in [-0.2, -0.15) is 0 Å². The Labute approximate surface area is 113 Å². The van der Waals surface area contributed by atoms with Gasteiger partial charge in [0.1, 0.15) is 0 Å². The fourth-order valence-electron chi connectivity index (χ4n) is 1.73. The summed E-state index contributed by atoms with van der Waals surface area (Å²) < 4.78 is 0.935. The highest BCUT2D eigenvalue weighted by Gasteiger charge is 2.10. The van der Waals surface area contributed by atoms with E-state index in [0.717, 1.165) is 29.1 Å². The van der Waals surface area contributed by atoms with Crippen LogP contribution < -0.4 is 10.6 Å². The molecule has 0 fully saturated rings. The monoisotopic (exact) mass is 299 g/mol. The summed E-state index contributed by atoms with van der Waals surface area (Å²) in [7, 11) is 0. The molecule has 0 saturated carbocycles. The van der Waals surface area contributed by atoms with E-state index in [9.17, 15) is 0 Å². The molecule has 0 spiro atoms. The highest BCUT2D eigenvalue weighted by atomic mass is 79.9. The van der Waals surface area contributed by atoms with Crippen LogP contribution in [0.15, 0.2) is 16.7 Å². The number of pyridine rings is 1. The predicted molar refractivity (Wildman–Crippen MR) is 78.4 cm³/mol. The van der Waals surface area contributed by atoms with Crippen LogP contribution in [0.3, 0.4) is 0 Å². The van der Waals surface area contributed by atoms with Crippen molar-refractivity contribution in [1.29, 1.82) is 0 Å². The van der Waals surface area contributed by atoms with Crippen molar-refractivity contribution in [2.75, 3.05) is 23.7 Å². The Morgan fingerprint density at radius 1 is 1.24 bits per heavy atom. The maximum absolute atomic E-state index is 6.03. The number of unbranched alkanes of at least 4 members (excludes halogenated alkanes) is 2. The van der Waals surface area contributed by atoms with Crippen molar-refractivity contribution in [1.82, 2.24) is 4.98 Å². The molecule has 1 aromatic heterocycles. The van der Waals surface area contributed by atoms with E-state index in [2.05, 4.69) is 39.7 Å². The second-order valence-electron chi connectivity index (χ2n) is 4.26. The Hall–Kier alpha value is -0.770. The summed E-state index contributed by atoms with van der Waals surface area (Å²) >= 11 is 3.39. The van der Waals surface area contributed by atoms with Gasteiger partial charge in [-0.25, -0.2) is 4.98 Å². The summed E-state index contributed by atoms with van der Waals surface area (Å²) in [5.74, 6) is 0.926. The molecule has 1 rings (SSSR count). The number of aromatic nitrogens is 1. The molecule has 0 unspecified atom stereocenters. The highest BCUT2D eigenvalue weighted by Crippen LogP contribution is 2.24. The molecule has 1 heterocycles. The summed E-state index contributed by atoms with van der Waals surface area (Å²) in [5, 5.41) is 0. The quantitative estimate of drug-likeness (QED) is 0.832. The fraction of sp³-hybridized carbons (Fsp3) is 0.615. The summed E-state index contributed by atoms with van der Waals surface area (Å²) in [6, 6.07) is 1.92. The molecule has 0 radical (unpaired) electrons. The Morgan fingerprint density at radius 2 is 1.82 bits per heavy atom. The van der Waals surface area contributed by atoms with Crippen molar-refractivity contribution < 1.29 is 0 Å². The topological polar surface area (TPSA) is 42.2 Å². The molecule has 0 atom stereocenters. The van der Waals surface area contributed by atoms with Gasteiger partial charge in [0, 0.05) is 23.8 Å². The van der Waals surface area contributed by atoms with Crippen LogP contribution in [-0.2, 0) is 0 Å². The molecule has 3 nitrogen and oxygen atoms in total. The average Bonchev–Trinajstić information content (AvgIpc) is 2.30. The molecule has 0 aliphatic carbocycles. The third kappa shape index (κ3) is 4.54. The van der Waals surface area contributed by atoms with E-state index in [1.54, 1.807) is 0 Å². The molecular weight excluding hydrogens is 278 g/mol. The summed E-state index contributed by atoms with van der Waals surface area (Å²) in [4.78, 5) is 6.74. The molecule has 0 amide bonds. The first kappa shape index (κ1) is 14.3. The first-order valence-electron chi connectivity index (χ1n) is 6.35. The highest BCUT2D eigenvalue weighted by molar-refractivity contribution is 9.10. The molecule has 2 N–H and O–H groups in total. The number of hydrogen-bond acceptors (Lipinski definition) is 3. The van der Waals surface area contributed by atoms with E-state index in [1.165, 1.54) is 25.7 Å². The van der Waals surface area contributed by atoms with Gasteiger partial charge in [0.05, 0.1) is 5.69 Å². The molecule has 0 aliphatic heterocycles. The van der Waals surface area contributed by atoms with Crippen molar-refractivity contribution in [2.24, 2.45) is 0 Å². The van der Waals surface area contributed by atoms with E-state index >= 15 is 0 Å². The van der Waals surface area contributed by atoms with Crippen LogP contribution in [0.4, 0.5) is 11.5 Å². The Kier molecular flexibility index (Phi) is 6.34. The minimum absolute atomic E-state index is 0.756. The van der Waals surface area contributed by atoms with Crippen molar-refractivity contribution in [3.63, 3.8) is 0 Å². The summed E-state index contributed by atoms with van der Waals surface area (Å²) in [5.41, 5.74) is 6.79. The van der Waals surface area contributed by atoms with Crippen LogP contribution in [0.5, 0.6) is 0 Å². The van der Waals surface area contributed by atoms with Gasteiger partial charge in [-0.05, 0) is 34.8 Å². The fourth-order valence-corrected chi connectivity index (χ4v) is 2.08. The van der Waals surface area contributed by atoms with Crippen LogP contribution in [0, 0.1) is 0 Å². The van der Waals surface area contributed by atoms with Crippen LogP contribution in [0.2, 0.25) is 0 Å². The van der Waals surface area contributed by atoms with Crippen LogP contribution in [-0.4, -0.2) is 18.1 Å². The van der Waals surface area contributed by atoms with E-state index < -0.39 is 0 Å². The van der Waals surface area contributed by atoms with Gasteiger partial charge in [0.15, 0.2) is 5.82 Å². The zero-order chi connectivity index (χ0) is 12.7. The van der Waals surface area contributed by atoms with Crippen molar-refractivity contribution in [3.8, 4) is 0 Å². The van der Waals surface area contributed by atoms with Gasteiger partial charge in [0.2, 0.25) is 0 Å². The largest absolute Gasteiger partial charge is 0.396 e. The van der Waals surface area contributed by atoms with Crippen molar-refractivity contribution in [3.05, 3.63) is 16.7 Å².